The maximum absolute atomic E-state index is 5.42. The van der Waals surface area contributed by atoms with Gasteiger partial charge in [-0.15, -0.1) is 5.10 Å². The predicted octanol–water partition coefficient (Wildman–Crippen LogP) is 2.27. The highest BCUT2D eigenvalue weighted by Crippen LogP contribution is 2.32. The molecule has 8 nitrogen and oxygen atoms in total. The molecule has 0 saturated heterocycles. The van der Waals surface area contributed by atoms with E-state index in [1.807, 2.05) is 19.1 Å². The van der Waals surface area contributed by atoms with Crippen molar-refractivity contribution in [3.05, 3.63) is 48.2 Å². The van der Waals surface area contributed by atoms with Crippen molar-refractivity contribution in [3.63, 3.8) is 0 Å². The number of nitrogens with zero attached hydrogens (tertiary/aromatic N) is 5. The maximum atomic E-state index is 5.42. The van der Waals surface area contributed by atoms with Crippen molar-refractivity contribution in [2.45, 2.75) is 13.5 Å². The number of rotatable bonds is 6. The summed E-state index contributed by atoms with van der Waals surface area (Å²) < 4.78 is 10.6. The lowest BCUT2D eigenvalue weighted by atomic mass is 10.1. The average molecular weight is 338 g/mol. The van der Waals surface area contributed by atoms with Gasteiger partial charge in [-0.2, -0.15) is 5.10 Å². The van der Waals surface area contributed by atoms with Gasteiger partial charge in [-0.05, 0) is 19.1 Å². The molecule has 1 aromatic carbocycles. The van der Waals surface area contributed by atoms with Gasteiger partial charge < -0.3 is 14.8 Å². The molecule has 25 heavy (non-hydrogen) atoms. The molecule has 0 bridgehead atoms. The van der Waals surface area contributed by atoms with Crippen LogP contribution in [0.3, 0.4) is 0 Å². The number of methoxy groups -OCH3 is 2. The first-order valence-electron chi connectivity index (χ1n) is 7.63. The second-order valence-electron chi connectivity index (χ2n) is 5.23. The molecule has 0 saturated carbocycles. The normalized spacial score (nSPS) is 10.4. The first-order valence-corrected chi connectivity index (χ1v) is 7.63. The van der Waals surface area contributed by atoms with Crippen molar-refractivity contribution in [1.29, 1.82) is 0 Å². The van der Waals surface area contributed by atoms with E-state index in [4.69, 9.17) is 9.47 Å². The molecule has 0 atom stereocenters. The fourth-order valence-electron chi connectivity index (χ4n) is 2.20. The van der Waals surface area contributed by atoms with E-state index in [1.165, 1.54) is 0 Å². The molecule has 0 aliphatic carbocycles. The summed E-state index contributed by atoms with van der Waals surface area (Å²) in [4.78, 5) is 13.0. The van der Waals surface area contributed by atoms with Crippen LogP contribution in [0.5, 0.6) is 11.5 Å². The molecule has 3 rings (SSSR count). The highest BCUT2D eigenvalue weighted by molar-refractivity contribution is 5.68. The summed E-state index contributed by atoms with van der Waals surface area (Å²) >= 11 is 0. The molecule has 0 radical (unpaired) electrons. The van der Waals surface area contributed by atoms with Crippen LogP contribution in [0.15, 0.2) is 36.8 Å². The maximum Gasteiger partial charge on any atom is 0.243 e. The Morgan fingerprint density at radius 2 is 1.92 bits per heavy atom. The number of hydrogen-bond acceptors (Lipinski definition) is 8. The molecule has 1 N–H and O–H groups in total. The van der Waals surface area contributed by atoms with E-state index in [0.29, 0.717) is 29.7 Å². The highest BCUT2D eigenvalue weighted by Gasteiger charge is 2.11. The van der Waals surface area contributed by atoms with Crippen molar-refractivity contribution >= 4 is 5.95 Å². The number of nitrogens with one attached hydrogen (secondary N) is 1. The van der Waals surface area contributed by atoms with Gasteiger partial charge in [0.25, 0.3) is 0 Å². The molecule has 2 heterocycles. The van der Waals surface area contributed by atoms with Gasteiger partial charge in [0, 0.05) is 17.8 Å². The Bertz CT molecular complexity index is 854. The topological polar surface area (TPSA) is 94.9 Å². The minimum Gasteiger partial charge on any atom is -0.497 e. The molecule has 0 fully saturated rings. The zero-order chi connectivity index (χ0) is 17.6. The monoisotopic (exact) mass is 338 g/mol. The van der Waals surface area contributed by atoms with Crippen LogP contribution in [0.1, 0.15) is 11.4 Å². The van der Waals surface area contributed by atoms with Gasteiger partial charge >= 0.3 is 0 Å². The van der Waals surface area contributed by atoms with Crippen molar-refractivity contribution < 1.29 is 9.47 Å². The Labute approximate surface area is 145 Å². The van der Waals surface area contributed by atoms with Crippen LogP contribution in [0.2, 0.25) is 0 Å². The largest absolute Gasteiger partial charge is 0.497 e. The molecule has 0 spiro atoms. The summed E-state index contributed by atoms with van der Waals surface area (Å²) in [5.41, 5.74) is 3.11. The second kappa shape index (κ2) is 7.52. The van der Waals surface area contributed by atoms with Crippen molar-refractivity contribution in [2.75, 3.05) is 19.5 Å². The molecule has 0 aliphatic heterocycles. The Morgan fingerprint density at radius 3 is 2.64 bits per heavy atom. The van der Waals surface area contributed by atoms with Crippen LogP contribution in [0.25, 0.3) is 11.3 Å². The lowest BCUT2D eigenvalue weighted by Gasteiger charge is -2.10. The third-order valence-electron chi connectivity index (χ3n) is 3.51. The quantitative estimate of drug-likeness (QED) is 0.731. The van der Waals surface area contributed by atoms with E-state index < -0.39 is 0 Å². The van der Waals surface area contributed by atoms with E-state index in [2.05, 4.69) is 30.5 Å². The van der Waals surface area contributed by atoms with E-state index in [9.17, 15) is 0 Å². The Balaban J connectivity index is 1.80. The van der Waals surface area contributed by atoms with E-state index in [1.54, 1.807) is 38.9 Å². The van der Waals surface area contributed by atoms with Crippen molar-refractivity contribution in [2.24, 2.45) is 0 Å². The second-order valence-corrected chi connectivity index (χ2v) is 5.23. The van der Waals surface area contributed by atoms with Crippen LogP contribution in [0.4, 0.5) is 5.95 Å². The van der Waals surface area contributed by atoms with Gasteiger partial charge in [0.1, 0.15) is 11.5 Å². The number of ether oxygens (including phenoxy) is 2. The van der Waals surface area contributed by atoms with Crippen LogP contribution in [-0.2, 0) is 6.54 Å². The molecule has 8 heteroatoms. The fraction of sp³-hybridized carbons (Fsp3) is 0.235. The first kappa shape index (κ1) is 16.6. The summed E-state index contributed by atoms with van der Waals surface area (Å²) in [5.74, 6) is 1.76. The molecule has 0 aliphatic rings. The van der Waals surface area contributed by atoms with Crippen LogP contribution < -0.4 is 14.8 Å². The summed E-state index contributed by atoms with van der Waals surface area (Å²) in [5, 5.41) is 11.1. The number of anilines is 1. The summed E-state index contributed by atoms with van der Waals surface area (Å²) in [7, 11) is 3.21. The molecule has 3 aromatic rings. The smallest absolute Gasteiger partial charge is 0.243 e. The Hall–Kier alpha value is -3.29. The molecule has 0 unspecified atom stereocenters. The van der Waals surface area contributed by atoms with E-state index >= 15 is 0 Å². The van der Waals surface area contributed by atoms with Gasteiger partial charge in [-0.3, -0.25) is 9.97 Å². The molecule has 128 valence electrons. The molecule has 2 aromatic heterocycles. The molecular formula is C17H18N6O2. The van der Waals surface area contributed by atoms with Gasteiger partial charge in [0.2, 0.25) is 5.95 Å². The lowest BCUT2D eigenvalue weighted by molar-refractivity contribution is 0.395. The van der Waals surface area contributed by atoms with Gasteiger partial charge in [-0.1, -0.05) is 0 Å². The summed E-state index contributed by atoms with van der Waals surface area (Å²) in [6.07, 6.45) is 5.02. The minimum atomic E-state index is 0.401. The highest BCUT2D eigenvalue weighted by atomic mass is 16.5. The van der Waals surface area contributed by atoms with Crippen molar-refractivity contribution in [3.8, 4) is 22.8 Å². The molecule has 0 amide bonds. The number of aromatic nitrogens is 5. The zero-order valence-electron chi connectivity index (χ0n) is 14.2. The lowest BCUT2D eigenvalue weighted by Crippen LogP contribution is -2.07. The predicted molar refractivity (Wildman–Crippen MR) is 92.5 cm³/mol. The Morgan fingerprint density at radius 1 is 1.04 bits per heavy atom. The van der Waals surface area contributed by atoms with Gasteiger partial charge in [0.05, 0.1) is 50.2 Å². The first-order chi connectivity index (χ1) is 12.2. The number of aryl methyl sites for hydroxylation is 1. The minimum absolute atomic E-state index is 0.401. The third kappa shape index (κ3) is 3.97. The third-order valence-corrected chi connectivity index (χ3v) is 3.51. The van der Waals surface area contributed by atoms with Gasteiger partial charge in [-0.25, -0.2) is 4.98 Å². The molecular weight excluding hydrogens is 320 g/mol. The van der Waals surface area contributed by atoms with Gasteiger partial charge in [0.15, 0.2) is 0 Å². The van der Waals surface area contributed by atoms with Crippen LogP contribution in [0, 0.1) is 6.92 Å². The average Bonchev–Trinajstić information content (AvgIpc) is 2.67. The summed E-state index contributed by atoms with van der Waals surface area (Å²) in [6, 6.07) is 5.51. The van der Waals surface area contributed by atoms with E-state index in [0.717, 1.165) is 17.0 Å². The fourth-order valence-corrected chi connectivity index (χ4v) is 2.20. The van der Waals surface area contributed by atoms with Crippen molar-refractivity contribution in [1.82, 2.24) is 25.1 Å². The van der Waals surface area contributed by atoms with Crippen LogP contribution in [-0.4, -0.2) is 39.4 Å². The number of benzene rings is 1. The van der Waals surface area contributed by atoms with Crippen LogP contribution >= 0.6 is 0 Å². The Kier molecular flexibility index (Phi) is 4.98. The SMILES string of the molecule is COc1ccc(-c2cnnc(NCc3cnc(C)cn3)n2)c(OC)c1. The van der Waals surface area contributed by atoms with E-state index in [-0.39, 0.29) is 0 Å². The zero-order valence-corrected chi connectivity index (χ0v) is 14.2. The standard InChI is InChI=1S/C17H18N6O2/c1-11-7-19-12(8-18-11)9-20-17-22-15(10-21-23-17)14-5-4-13(24-2)6-16(14)25-3/h4-8,10H,9H2,1-3H3,(H,20,22,23). The summed E-state index contributed by atoms with van der Waals surface area (Å²) in [6.45, 7) is 2.35. The number of hydrogen-bond donors (Lipinski definition) is 1.